The average Bonchev–Trinajstić information content (AvgIpc) is 2.80. The molecule has 8 heteroatoms. The Labute approximate surface area is 122 Å². The second-order valence-corrected chi connectivity index (χ2v) is 5.13. The minimum atomic E-state index is 0.370. The summed E-state index contributed by atoms with van der Waals surface area (Å²) in [5.74, 6) is 1.15. The molecule has 2 heterocycles. The number of anilines is 2. The number of fused-ring (bicyclic) bond motifs is 1. The van der Waals surface area contributed by atoms with E-state index in [4.69, 9.17) is 23.2 Å². The van der Waals surface area contributed by atoms with E-state index in [9.17, 15) is 0 Å². The van der Waals surface area contributed by atoms with Crippen LogP contribution in [0, 0.1) is 6.92 Å². The van der Waals surface area contributed by atoms with Gasteiger partial charge in [0.1, 0.15) is 27.8 Å². The van der Waals surface area contributed by atoms with Gasteiger partial charge in [0.25, 0.3) is 0 Å². The first kappa shape index (κ1) is 12.5. The van der Waals surface area contributed by atoms with Gasteiger partial charge in [0, 0.05) is 6.07 Å². The molecule has 0 bridgehead atoms. The minimum Gasteiger partial charge on any atom is -0.337 e. The molecule has 96 valence electrons. The Bertz CT molecular complexity index is 738. The van der Waals surface area contributed by atoms with Crippen LogP contribution in [0.25, 0.3) is 11.0 Å². The first-order valence-electron chi connectivity index (χ1n) is 5.32. The van der Waals surface area contributed by atoms with E-state index in [-0.39, 0.29) is 0 Å². The van der Waals surface area contributed by atoms with Gasteiger partial charge in [-0.05, 0) is 19.1 Å². The maximum Gasteiger partial charge on any atom is 0.135 e. The SMILES string of the molecule is Cc1nc(Cl)cc(Nc2c(Cl)ccc3nsnc23)n1. The summed E-state index contributed by atoms with van der Waals surface area (Å²) in [7, 11) is 0. The lowest BCUT2D eigenvalue weighted by Crippen LogP contribution is -1.98. The maximum absolute atomic E-state index is 6.19. The molecule has 0 saturated carbocycles. The fourth-order valence-electron chi connectivity index (χ4n) is 1.67. The van der Waals surface area contributed by atoms with Crippen molar-refractivity contribution in [3.05, 3.63) is 34.2 Å². The third kappa shape index (κ3) is 2.47. The summed E-state index contributed by atoms with van der Waals surface area (Å²) in [6.07, 6.45) is 0. The van der Waals surface area contributed by atoms with Crippen LogP contribution >= 0.6 is 34.9 Å². The molecule has 0 radical (unpaired) electrons. The van der Waals surface area contributed by atoms with Crippen molar-refractivity contribution in [1.82, 2.24) is 18.7 Å². The zero-order valence-electron chi connectivity index (χ0n) is 9.69. The zero-order valence-corrected chi connectivity index (χ0v) is 12.0. The number of halogens is 2. The molecule has 5 nitrogen and oxygen atoms in total. The standard InChI is InChI=1S/C11H7Cl2N5S/c1-5-14-8(13)4-9(15-5)16-10-6(12)2-3-7-11(10)18-19-17-7/h2-4H,1H3,(H,14,15,16). The van der Waals surface area contributed by atoms with Crippen LogP contribution in [0.4, 0.5) is 11.5 Å². The van der Waals surface area contributed by atoms with E-state index < -0.39 is 0 Å². The third-order valence-electron chi connectivity index (χ3n) is 2.44. The summed E-state index contributed by atoms with van der Waals surface area (Å²) in [6, 6.07) is 5.22. The topological polar surface area (TPSA) is 63.6 Å². The molecule has 0 aliphatic heterocycles. The molecule has 1 N–H and O–H groups in total. The number of aryl methyl sites for hydroxylation is 1. The first-order valence-corrected chi connectivity index (χ1v) is 6.81. The monoisotopic (exact) mass is 311 g/mol. The highest BCUT2D eigenvalue weighted by atomic mass is 35.5. The largest absolute Gasteiger partial charge is 0.337 e. The van der Waals surface area contributed by atoms with Crippen LogP contribution in [0.15, 0.2) is 18.2 Å². The molecule has 3 aromatic rings. The van der Waals surface area contributed by atoms with Crippen molar-refractivity contribution in [2.75, 3.05) is 5.32 Å². The molecule has 3 rings (SSSR count). The van der Waals surface area contributed by atoms with Crippen molar-refractivity contribution >= 4 is 57.5 Å². The molecule has 1 aromatic carbocycles. The van der Waals surface area contributed by atoms with E-state index in [0.717, 1.165) is 17.2 Å². The normalized spacial score (nSPS) is 10.9. The first-order chi connectivity index (χ1) is 9.13. The smallest absolute Gasteiger partial charge is 0.135 e. The molecule has 0 unspecified atom stereocenters. The van der Waals surface area contributed by atoms with Gasteiger partial charge in [0.05, 0.1) is 22.4 Å². The number of benzene rings is 1. The Morgan fingerprint density at radius 1 is 1.16 bits per heavy atom. The third-order valence-corrected chi connectivity index (χ3v) is 3.49. The number of hydrogen-bond donors (Lipinski definition) is 1. The summed E-state index contributed by atoms with van der Waals surface area (Å²) in [5.41, 5.74) is 2.17. The van der Waals surface area contributed by atoms with Crippen molar-refractivity contribution in [2.45, 2.75) is 6.92 Å². The van der Waals surface area contributed by atoms with Gasteiger partial charge in [0.15, 0.2) is 0 Å². The summed E-state index contributed by atoms with van der Waals surface area (Å²) in [5, 5.41) is 4.04. The highest BCUT2D eigenvalue weighted by Gasteiger charge is 2.11. The van der Waals surface area contributed by atoms with Crippen molar-refractivity contribution in [1.29, 1.82) is 0 Å². The lowest BCUT2D eigenvalue weighted by molar-refractivity contribution is 1.06. The maximum atomic E-state index is 6.19. The van der Waals surface area contributed by atoms with Gasteiger partial charge in [-0.25, -0.2) is 9.97 Å². The lowest BCUT2D eigenvalue weighted by atomic mass is 10.2. The number of aromatic nitrogens is 4. The van der Waals surface area contributed by atoms with E-state index in [1.807, 2.05) is 6.07 Å². The zero-order chi connectivity index (χ0) is 13.4. The Morgan fingerprint density at radius 2 is 2.00 bits per heavy atom. The highest BCUT2D eigenvalue weighted by molar-refractivity contribution is 7.00. The highest BCUT2D eigenvalue weighted by Crippen LogP contribution is 2.32. The molecule has 0 saturated heterocycles. The number of nitrogens with one attached hydrogen (secondary N) is 1. The Balaban J connectivity index is 2.09. The Morgan fingerprint density at radius 3 is 2.79 bits per heavy atom. The van der Waals surface area contributed by atoms with Gasteiger partial charge in [-0.15, -0.1) is 0 Å². The van der Waals surface area contributed by atoms with Crippen LogP contribution in [0.3, 0.4) is 0 Å². The second-order valence-electron chi connectivity index (χ2n) is 3.80. The summed E-state index contributed by atoms with van der Waals surface area (Å²) >= 11 is 13.2. The molecular weight excluding hydrogens is 305 g/mol. The van der Waals surface area contributed by atoms with E-state index in [1.54, 1.807) is 19.1 Å². The number of rotatable bonds is 2. The fraction of sp³-hybridized carbons (Fsp3) is 0.0909. The summed E-state index contributed by atoms with van der Waals surface area (Å²) < 4.78 is 8.40. The predicted octanol–water partition coefficient (Wildman–Crippen LogP) is 3.84. The van der Waals surface area contributed by atoms with Gasteiger partial charge >= 0.3 is 0 Å². The summed E-state index contributed by atoms with van der Waals surface area (Å²) in [4.78, 5) is 8.26. The van der Waals surface area contributed by atoms with Crippen molar-refractivity contribution in [2.24, 2.45) is 0 Å². The van der Waals surface area contributed by atoms with E-state index in [1.165, 1.54) is 0 Å². The van der Waals surface area contributed by atoms with E-state index in [0.29, 0.717) is 33.0 Å². The molecule has 2 aromatic heterocycles. The van der Waals surface area contributed by atoms with Crippen LogP contribution in [0.5, 0.6) is 0 Å². The van der Waals surface area contributed by atoms with Crippen LogP contribution in [0.1, 0.15) is 5.82 Å². The minimum absolute atomic E-state index is 0.370. The lowest BCUT2D eigenvalue weighted by Gasteiger charge is -2.08. The van der Waals surface area contributed by atoms with Crippen LogP contribution in [-0.2, 0) is 0 Å². The quantitative estimate of drug-likeness (QED) is 0.728. The molecular formula is C11H7Cl2N5S. The second kappa shape index (κ2) is 4.88. The van der Waals surface area contributed by atoms with Crippen LogP contribution in [-0.4, -0.2) is 18.7 Å². The van der Waals surface area contributed by atoms with Gasteiger partial charge in [0.2, 0.25) is 0 Å². The van der Waals surface area contributed by atoms with Crippen molar-refractivity contribution in [3.63, 3.8) is 0 Å². The molecule has 0 fully saturated rings. The molecule has 19 heavy (non-hydrogen) atoms. The van der Waals surface area contributed by atoms with Gasteiger partial charge in [-0.3, -0.25) is 0 Å². The molecule has 0 aliphatic carbocycles. The van der Waals surface area contributed by atoms with E-state index in [2.05, 4.69) is 24.0 Å². The number of nitrogens with zero attached hydrogens (tertiary/aromatic N) is 4. The molecule has 0 spiro atoms. The van der Waals surface area contributed by atoms with E-state index >= 15 is 0 Å². The number of hydrogen-bond acceptors (Lipinski definition) is 6. The van der Waals surface area contributed by atoms with Crippen LogP contribution in [0.2, 0.25) is 10.2 Å². The van der Waals surface area contributed by atoms with Crippen molar-refractivity contribution < 1.29 is 0 Å². The van der Waals surface area contributed by atoms with Gasteiger partial charge in [-0.1, -0.05) is 23.2 Å². The molecule has 0 amide bonds. The molecule has 0 atom stereocenters. The van der Waals surface area contributed by atoms with Crippen LogP contribution < -0.4 is 5.32 Å². The fourth-order valence-corrected chi connectivity index (χ4v) is 2.64. The predicted molar refractivity (Wildman–Crippen MR) is 77.5 cm³/mol. The average molecular weight is 312 g/mol. The van der Waals surface area contributed by atoms with Crippen molar-refractivity contribution in [3.8, 4) is 0 Å². The Kier molecular flexibility index (Phi) is 3.22. The van der Waals surface area contributed by atoms with Gasteiger partial charge in [-0.2, -0.15) is 8.75 Å². The van der Waals surface area contributed by atoms with Gasteiger partial charge < -0.3 is 5.32 Å². The Hall–Kier alpha value is -1.50. The summed E-state index contributed by atoms with van der Waals surface area (Å²) in [6.45, 7) is 1.77. The molecule has 0 aliphatic rings.